The lowest BCUT2D eigenvalue weighted by Crippen LogP contribution is -2.37. The van der Waals surface area contributed by atoms with Crippen LogP contribution in [0.15, 0.2) is 46.7 Å². The summed E-state index contributed by atoms with van der Waals surface area (Å²) in [7, 11) is -2.28. The minimum atomic E-state index is -3.80. The SMILES string of the molecule is COCCN(CCOc1ccc(OC(C)(C)C(=O)O)cc1)S(=O)(=O)c1sc2ccc(Cl)cc2c1C. The molecular formula is C24H28ClNO7S2. The van der Waals surface area contributed by atoms with Crippen molar-refractivity contribution >= 4 is 49.0 Å². The Morgan fingerprint density at radius 3 is 2.34 bits per heavy atom. The molecule has 0 fully saturated rings. The van der Waals surface area contributed by atoms with Crippen molar-refractivity contribution in [1.82, 2.24) is 4.31 Å². The molecule has 0 aliphatic rings. The monoisotopic (exact) mass is 541 g/mol. The summed E-state index contributed by atoms with van der Waals surface area (Å²) in [6.07, 6.45) is 0. The third-order valence-corrected chi connectivity index (χ3v) is 9.30. The zero-order chi connectivity index (χ0) is 25.8. The lowest BCUT2D eigenvalue weighted by molar-refractivity contribution is -0.152. The van der Waals surface area contributed by atoms with Gasteiger partial charge in [0.1, 0.15) is 22.3 Å². The molecule has 0 aliphatic heterocycles. The lowest BCUT2D eigenvalue weighted by Gasteiger charge is -2.22. The Labute approximate surface area is 214 Å². The number of rotatable bonds is 12. The van der Waals surface area contributed by atoms with Crippen molar-refractivity contribution in [3.63, 3.8) is 0 Å². The lowest BCUT2D eigenvalue weighted by atomic mass is 10.1. The fourth-order valence-electron chi connectivity index (χ4n) is 3.29. The molecule has 3 rings (SSSR count). The molecule has 0 bridgehead atoms. The highest BCUT2D eigenvalue weighted by Gasteiger charge is 2.30. The Balaban J connectivity index is 1.72. The first-order valence-electron chi connectivity index (χ1n) is 10.8. The average molecular weight is 542 g/mol. The highest BCUT2D eigenvalue weighted by atomic mass is 35.5. The van der Waals surface area contributed by atoms with Gasteiger partial charge in [-0.05, 0) is 74.2 Å². The number of aryl methyl sites for hydroxylation is 1. The molecule has 0 spiro atoms. The predicted molar refractivity (Wildman–Crippen MR) is 136 cm³/mol. The summed E-state index contributed by atoms with van der Waals surface area (Å²) in [6, 6.07) is 11.8. The zero-order valence-electron chi connectivity index (χ0n) is 19.9. The number of nitrogens with zero attached hydrogens (tertiary/aromatic N) is 1. The molecule has 8 nitrogen and oxygen atoms in total. The van der Waals surface area contributed by atoms with E-state index in [1.54, 1.807) is 43.3 Å². The number of thiophene rings is 1. The highest BCUT2D eigenvalue weighted by Crippen LogP contribution is 2.37. The molecule has 0 aliphatic carbocycles. The summed E-state index contributed by atoms with van der Waals surface area (Å²) in [4.78, 5) is 11.2. The molecule has 1 heterocycles. The minimum absolute atomic E-state index is 0.111. The smallest absolute Gasteiger partial charge is 0.347 e. The Kier molecular flexibility index (Phi) is 8.66. The first-order chi connectivity index (χ1) is 16.5. The van der Waals surface area contributed by atoms with E-state index in [0.29, 0.717) is 22.1 Å². The summed E-state index contributed by atoms with van der Waals surface area (Å²) < 4.78 is 45.9. The summed E-state index contributed by atoms with van der Waals surface area (Å²) in [6.45, 7) is 5.34. The van der Waals surface area contributed by atoms with E-state index in [2.05, 4.69) is 0 Å². The van der Waals surface area contributed by atoms with Crippen molar-refractivity contribution in [3.8, 4) is 11.5 Å². The molecule has 0 radical (unpaired) electrons. The van der Waals surface area contributed by atoms with Crippen molar-refractivity contribution in [3.05, 3.63) is 53.1 Å². The molecule has 0 unspecified atom stereocenters. The Morgan fingerprint density at radius 2 is 1.71 bits per heavy atom. The number of carboxylic acid groups (broad SMARTS) is 1. The number of halogens is 1. The molecule has 11 heteroatoms. The zero-order valence-corrected chi connectivity index (χ0v) is 22.3. The Hall–Kier alpha value is -2.37. The quantitative estimate of drug-likeness (QED) is 0.350. The number of ether oxygens (including phenoxy) is 3. The fourth-order valence-corrected chi connectivity index (χ4v) is 6.75. The number of carbonyl (C=O) groups is 1. The van der Waals surface area contributed by atoms with Gasteiger partial charge in [-0.25, -0.2) is 13.2 Å². The maximum Gasteiger partial charge on any atom is 0.347 e. The van der Waals surface area contributed by atoms with E-state index in [0.717, 1.165) is 10.1 Å². The normalized spacial score (nSPS) is 12.3. The maximum absolute atomic E-state index is 13.5. The van der Waals surface area contributed by atoms with Crippen molar-refractivity contribution in [2.45, 2.75) is 30.6 Å². The Bertz CT molecular complexity index is 1290. The number of hydrogen-bond donors (Lipinski definition) is 1. The number of fused-ring (bicyclic) bond motifs is 1. The van der Waals surface area contributed by atoms with Crippen molar-refractivity contribution in [2.24, 2.45) is 0 Å². The van der Waals surface area contributed by atoms with Gasteiger partial charge in [0.2, 0.25) is 0 Å². The average Bonchev–Trinajstić information content (AvgIpc) is 3.13. The molecule has 1 N–H and O–H groups in total. The minimum Gasteiger partial charge on any atom is -0.492 e. The second-order valence-corrected chi connectivity index (χ2v) is 11.9. The van der Waals surface area contributed by atoms with Crippen LogP contribution in [0.5, 0.6) is 11.5 Å². The van der Waals surface area contributed by atoms with Crippen LogP contribution in [0.2, 0.25) is 5.02 Å². The summed E-state index contributed by atoms with van der Waals surface area (Å²) >= 11 is 7.32. The number of carboxylic acids is 1. The van der Waals surface area contributed by atoms with Crippen LogP contribution >= 0.6 is 22.9 Å². The van der Waals surface area contributed by atoms with E-state index in [1.165, 1.54) is 36.6 Å². The summed E-state index contributed by atoms with van der Waals surface area (Å²) in [5.41, 5.74) is -0.704. The third-order valence-electron chi connectivity index (χ3n) is 5.29. The van der Waals surface area contributed by atoms with Crippen molar-refractivity contribution in [2.75, 3.05) is 33.4 Å². The molecule has 190 valence electrons. The van der Waals surface area contributed by atoms with Crippen LogP contribution in [0.25, 0.3) is 10.1 Å². The third kappa shape index (κ3) is 6.45. The van der Waals surface area contributed by atoms with E-state index in [-0.39, 0.29) is 30.5 Å². The van der Waals surface area contributed by atoms with Crippen LogP contribution in [0.4, 0.5) is 0 Å². The van der Waals surface area contributed by atoms with Gasteiger partial charge in [-0.1, -0.05) is 11.6 Å². The Morgan fingerprint density at radius 1 is 1.09 bits per heavy atom. The number of aliphatic carboxylic acids is 1. The van der Waals surface area contributed by atoms with E-state index in [1.807, 2.05) is 6.07 Å². The van der Waals surface area contributed by atoms with E-state index in [4.69, 9.17) is 25.8 Å². The van der Waals surface area contributed by atoms with Crippen LogP contribution in [-0.2, 0) is 19.6 Å². The van der Waals surface area contributed by atoms with Gasteiger partial charge in [0.15, 0.2) is 5.60 Å². The van der Waals surface area contributed by atoms with Crippen molar-refractivity contribution in [1.29, 1.82) is 0 Å². The molecular weight excluding hydrogens is 514 g/mol. The van der Waals surface area contributed by atoms with Gasteiger partial charge in [0, 0.05) is 29.9 Å². The molecule has 0 amide bonds. The van der Waals surface area contributed by atoms with Gasteiger partial charge in [-0.15, -0.1) is 11.3 Å². The molecule has 0 atom stereocenters. The molecule has 1 aromatic heterocycles. The molecule has 0 saturated carbocycles. The maximum atomic E-state index is 13.5. The highest BCUT2D eigenvalue weighted by molar-refractivity contribution is 7.91. The topological polar surface area (TPSA) is 102 Å². The second kappa shape index (κ2) is 11.1. The fraction of sp³-hybridized carbons (Fsp3) is 0.375. The van der Waals surface area contributed by atoms with Crippen LogP contribution < -0.4 is 9.47 Å². The number of methoxy groups -OCH3 is 1. The van der Waals surface area contributed by atoms with Crippen LogP contribution in [0.1, 0.15) is 19.4 Å². The van der Waals surface area contributed by atoms with Gasteiger partial charge in [0.25, 0.3) is 10.0 Å². The van der Waals surface area contributed by atoms with Crippen molar-refractivity contribution < 1.29 is 32.5 Å². The van der Waals surface area contributed by atoms with E-state index < -0.39 is 21.6 Å². The largest absolute Gasteiger partial charge is 0.492 e. The van der Waals surface area contributed by atoms with Gasteiger partial charge in [-0.3, -0.25) is 0 Å². The summed E-state index contributed by atoms with van der Waals surface area (Å²) in [5, 5.41) is 10.6. The van der Waals surface area contributed by atoms with E-state index in [9.17, 15) is 18.3 Å². The summed E-state index contributed by atoms with van der Waals surface area (Å²) in [5.74, 6) is -0.191. The molecule has 35 heavy (non-hydrogen) atoms. The first kappa shape index (κ1) is 27.2. The van der Waals surface area contributed by atoms with Gasteiger partial charge < -0.3 is 19.3 Å². The number of hydrogen-bond acceptors (Lipinski definition) is 7. The molecule has 2 aromatic carbocycles. The predicted octanol–water partition coefficient (Wildman–Crippen LogP) is 4.82. The van der Waals surface area contributed by atoms with E-state index >= 15 is 0 Å². The van der Waals surface area contributed by atoms with Gasteiger partial charge >= 0.3 is 5.97 Å². The number of benzene rings is 2. The van der Waals surface area contributed by atoms with Crippen LogP contribution in [-0.4, -0.2) is 62.8 Å². The second-order valence-electron chi connectivity index (χ2n) is 8.29. The molecule has 0 saturated heterocycles. The standard InChI is InChI=1S/C24H28ClNO7S2/c1-16-20-15-17(25)5-10-21(20)34-22(16)35(29,30)26(11-13-31-4)12-14-32-18-6-8-19(9-7-18)33-24(2,3)23(27)28/h5-10,15H,11-14H2,1-4H3,(H,27,28). The van der Waals surface area contributed by atoms with Gasteiger partial charge in [0.05, 0.1) is 6.61 Å². The van der Waals surface area contributed by atoms with Crippen LogP contribution in [0.3, 0.4) is 0 Å². The first-order valence-corrected chi connectivity index (χ1v) is 13.4. The van der Waals surface area contributed by atoms with Crippen LogP contribution in [0, 0.1) is 6.92 Å². The molecule has 3 aromatic rings. The number of sulfonamides is 1. The van der Waals surface area contributed by atoms with Gasteiger partial charge in [-0.2, -0.15) is 4.31 Å².